The van der Waals surface area contributed by atoms with E-state index >= 15 is 0 Å². The van der Waals surface area contributed by atoms with Crippen LogP contribution in [0.4, 0.5) is 11.5 Å². The van der Waals surface area contributed by atoms with Gasteiger partial charge in [-0.2, -0.15) is 0 Å². The summed E-state index contributed by atoms with van der Waals surface area (Å²) in [6.45, 7) is 3.47. The molecule has 1 aliphatic rings. The van der Waals surface area contributed by atoms with Crippen molar-refractivity contribution >= 4 is 22.8 Å². The van der Waals surface area contributed by atoms with E-state index in [1.165, 1.54) is 0 Å². The summed E-state index contributed by atoms with van der Waals surface area (Å²) in [4.78, 5) is 18.3. The third kappa shape index (κ3) is 2.74. The lowest BCUT2D eigenvalue weighted by atomic mass is 10.2. The Morgan fingerprint density at radius 3 is 3.10 bits per heavy atom. The summed E-state index contributed by atoms with van der Waals surface area (Å²) in [6.07, 6.45) is 1.56. The topological polar surface area (TPSA) is 68.5 Å². The number of pyridine rings is 1. The first-order valence-corrected chi connectivity index (χ1v) is 7.54. The summed E-state index contributed by atoms with van der Waals surface area (Å²) in [6, 6.07) is 5.67. The number of aromatic nitrogens is 1. The molecule has 0 spiro atoms. The molecule has 7 heteroatoms. The second-order valence-corrected chi connectivity index (χ2v) is 5.86. The maximum Gasteiger partial charge on any atom is 0.314 e. The van der Waals surface area contributed by atoms with E-state index in [1.54, 1.807) is 30.5 Å². The number of nitro groups is 1. The van der Waals surface area contributed by atoms with Crippen LogP contribution in [-0.4, -0.2) is 29.6 Å². The lowest BCUT2D eigenvalue weighted by Gasteiger charge is -2.33. The van der Waals surface area contributed by atoms with Gasteiger partial charge in [0.1, 0.15) is 6.10 Å². The van der Waals surface area contributed by atoms with E-state index in [9.17, 15) is 10.1 Å². The Kier molecular flexibility index (Phi) is 3.85. The first-order valence-electron chi connectivity index (χ1n) is 6.67. The van der Waals surface area contributed by atoms with Gasteiger partial charge in [0.25, 0.3) is 0 Å². The highest BCUT2D eigenvalue weighted by atomic mass is 32.1. The summed E-state index contributed by atoms with van der Waals surface area (Å²) < 4.78 is 5.78. The van der Waals surface area contributed by atoms with Crippen molar-refractivity contribution in [1.82, 2.24) is 4.98 Å². The molecule has 1 saturated heterocycles. The van der Waals surface area contributed by atoms with Crippen molar-refractivity contribution < 1.29 is 9.66 Å². The van der Waals surface area contributed by atoms with Gasteiger partial charge in [-0.05, 0) is 24.4 Å². The Bertz CT molecular complexity index is 645. The molecule has 3 heterocycles. The van der Waals surface area contributed by atoms with Crippen molar-refractivity contribution in [1.29, 1.82) is 0 Å². The van der Waals surface area contributed by atoms with E-state index in [0.29, 0.717) is 31.1 Å². The number of morpholine rings is 1. The van der Waals surface area contributed by atoms with Crippen LogP contribution in [-0.2, 0) is 4.74 Å². The Morgan fingerprint density at radius 2 is 2.38 bits per heavy atom. The molecule has 0 N–H and O–H groups in total. The van der Waals surface area contributed by atoms with Crippen LogP contribution in [0.2, 0.25) is 0 Å². The van der Waals surface area contributed by atoms with E-state index in [4.69, 9.17) is 4.74 Å². The fraction of sp³-hybridized carbons (Fsp3) is 0.357. The van der Waals surface area contributed by atoms with Gasteiger partial charge in [0, 0.05) is 23.2 Å². The fourth-order valence-corrected chi connectivity index (χ4v) is 3.25. The van der Waals surface area contributed by atoms with Crippen molar-refractivity contribution in [2.45, 2.75) is 13.0 Å². The normalized spacial score (nSPS) is 18.7. The van der Waals surface area contributed by atoms with Crippen molar-refractivity contribution in [2.75, 3.05) is 24.6 Å². The van der Waals surface area contributed by atoms with Gasteiger partial charge in [0.2, 0.25) is 5.82 Å². The Hall–Kier alpha value is -1.99. The molecule has 3 rings (SSSR count). The van der Waals surface area contributed by atoms with Gasteiger partial charge in [-0.25, -0.2) is 4.98 Å². The van der Waals surface area contributed by atoms with Crippen LogP contribution in [0.3, 0.4) is 0 Å². The molecule has 0 aromatic carbocycles. The molecule has 110 valence electrons. The zero-order chi connectivity index (χ0) is 14.8. The quantitative estimate of drug-likeness (QED) is 0.644. The van der Waals surface area contributed by atoms with Crippen LogP contribution in [0.15, 0.2) is 29.8 Å². The molecule has 0 saturated carbocycles. The van der Waals surface area contributed by atoms with Crippen LogP contribution in [0.25, 0.3) is 0 Å². The summed E-state index contributed by atoms with van der Waals surface area (Å²) in [5.74, 6) is 0.435. The third-order valence-corrected chi connectivity index (χ3v) is 4.48. The SMILES string of the molecule is Cc1ccnc(N2CCOC(c3cccs3)C2)c1[N+](=O)[O-]. The van der Waals surface area contributed by atoms with Gasteiger partial charge in [-0.15, -0.1) is 11.3 Å². The molecular formula is C14H15N3O3S. The highest BCUT2D eigenvalue weighted by Crippen LogP contribution is 2.33. The second kappa shape index (κ2) is 5.79. The highest BCUT2D eigenvalue weighted by molar-refractivity contribution is 7.10. The Morgan fingerprint density at radius 1 is 1.52 bits per heavy atom. The van der Waals surface area contributed by atoms with E-state index in [-0.39, 0.29) is 16.7 Å². The Balaban J connectivity index is 1.90. The molecule has 1 unspecified atom stereocenters. The summed E-state index contributed by atoms with van der Waals surface area (Å²) in [7, 11) is 0. The molecule has 1 fully saturated rings. The zero-order valence-corrected chi connectivity index (χ0v) is 12.4. The molecule has 0 amide bonds. The minimum atomic E-state index is -0.354. The second-order valence-electron chi connectivity index (χ2n) is 4.88. The molecule has 1 atom stereocenters. The van der Waals surface area contributed by atoms with Gasteiger partial charge in [0.15, 0.2) is 0 Å². The van der Waals surface area contributed by atoms with Crippen molar-refractivity contribution in [3.05, 3.63) is 50.3 Å². The molecule has 1 aliphatic heterocycles. The van der Waals surface area contributed by atoms with E-state index in [0.717, 1.165) is 4.88 Å². The number of nitrogens with zero attached hydrogens (tertiary/aromatic N) is 3. The molecule has 6 nitrogen and oxygen atoms in total. The number of anilines is 1. The molecule has 2 aromatic heterocycles. The molecular weight excluding hydrogens is 290 g/mol. The predicted octanol–water partition coefficient (Wildman–Crippen LogP) is 2.94. The zero-order valence-electron chi connectivity index (χ0n) is 11.6. The van der Waals surface area contributed by atoms with Crippen molar-refractivity contribution in [3.8, 4) is 0 Å². The van der Waals surface area contributed by atoms with E-state index in [1.807, 2.05) is 22.4 Å². The van der Waals surface area contributed by atoms with Gasteiger partial charge in [-0.3, -0.25) is 10.1 Å². The number of thiophene rings is 1. The maximum absolute atomic E-state index is 11.3. The monoisotopic (exact) mass is 305 g/mol. The number of aryl methyl sites for hydroxylation is 1. The molecule has 0 radical (unpaired) electrons. The molecule has 0 bridgehead atoms. The number of hydrogen-bond acceptors (Lipinski definition) is 6. The first kappa shape index (κ1) is 14.0. The lowest BCUT2D eigenvalue weighted by Crippen LogP contribution is -2.39. The van der Waals surface area contributed by atoms with Crippen LogP contribution < -0.4 is 4.90 Å². The van der Waals surface area contributed by atoms with Crippen LogP contribution in [0.5, 0.6) is 0 Å². The number of rotatable bonds is 3. The largest absolute Gasteiger partial charge is 0.369 e. The first-order chi connectivity index (χ1) is 10.2. The van der Waals surface area contributed by atoms with E-state index < -0.39 is 0 Å². The van der Waals surface area contributed by atoms with Crippen LogP contribution in [0, 0.1) is 17.0 Å². The fourth-order valence-electron chi connectivity index (χ4n) is 2.48. The predicted molar refractivity (Wildman–Crippen MR) is 80.9 cm³/mol. The Labute approximate surface area is 126 Å². The van der Waals surface area contributed by atoms with E-state index in [2.05, 4.69) is 4.98 Å². The molecule has 2 aromatic rings. The minimum Gasteiger partial charge on any atom is -0.369 e. The molecule has 0 aliphatic carbocycles. The number of hydrogen-bond donors (Lipinski definition) is 0. The summed E-state index contributed by atoms with van der Waals surface area (Å²) in [5.41, 5.74) is 0.716. The van der Waals surface area contributed by atoms with Crippen molar-refractivity contribution in [2.24, 2.45) is 0 Å². The average Bonchev–Trinajstić information content (AvgIpc) is 3.01. The van der Waals surface area contributed by atoms with Crippen LogP contribution in [0.1, 0.15) is 16.5 Å². The maximum atomic E-state index is 11.3. The van der Waals surface area contributed by atoms with Crippen molar-refractivity contribution in [3.63, 3.8) is 0 Å². The van der Waals surface area contributed by atoms with Gasteiger partial charge in [0.05, 0.1) is 18.1 Å². The van der Waals surface area contributed by atoms with Crippen LogP contribution >= 0.6 is 11.3 Å². The summed E-state index contributed by atoms with van der Waals surface area (Å²) >= 11 is 1.63. The van der Waals surface area contributed by atoms with Gasteiger partial charge < -0.3 is 9.64 Å². The standard InChI is InChI=1S/C14H15N3O3S/c1-10-4-5-15-14(13(10)17(18)19)16-6-7-20-11(9-16)12-3-2-8-21-12/h2-5,8,11H,6-7,9H2,1H3. The highest BCUT2D eigenvalue weighted by Gasteiger charge is 2.29. The van der Waals surface area contributed by atoms with Gasteiger partial charge in [-0.1, -0.05) is 6.07 Å². The van der Waals surface area contributed by atoms with Gasteiger partial charge >= 0.3 is 5.69 Å². The third-order valence-electron chi connectivity index (χ3n) is 3.52. The number of ether oxygens (including phenoxy) is 1. The molecule has 21 heavy (non-hydrogen) atoms. The summed E-state index contributed by atoms with van der Waals surface area (Å²) in [5, 5.41) is 13.3. The average molecular weight is 305 g/mol. The smallest absolute Gasteiger partial charge is 0.314 e. The minimum absolute atomic E-state index is 0.0549. The lowest BCUT2D eigenvalue weighted by molar-refractivity contribution is -0.384.